The molecule has 0 aliphatic rings. The van der Waals surface area contributed by atoms with Gasteiger partial charge in [0.1, 0.15) is 0 Å². The van der Waals surface area contributed by atoms with Gasteiger partial charge in [0, 0.05) is 0 Å². The molecule has 2 aromatic rings. The largest absolute Gasteiger partial charge is 1.00 e. The van der Waals surface area contributed by atoms with E-state index in [2.05, 4.69) is 18.2 Å². The van der Waals surface area contributed by atoms with E-state index in [-0.39, 0.29) is 18.9 Å². The Bertz CT molecular complexity index is 321. The molecule has 2 aromatic carbocycles. The second-order valence-electron chi connectivity index (χ2n) is 2.49. The Morgan fingerprint density at radius 1 is 1.14 bits per heavy atom. The van der Waals surface area contributed by atoms with E-state index >= 15 is 0 Å². The van der Waals surface area contributed by atoms with Crippen molar-refractivity contribution >= 4 is 11.8 Å². The molecule has 0 heterocycles. The van der Waals surface area contributed by atoms with Crippen LogP contribution in [-0.2, 0) is 0 Å². The predicted octanol–water partition coefficient (Wildman–Crippen LogP) is 0.242. The molecule has 0 aromatic heterocycles. The van der Waals surface area contributed by atoms with E-state index in [1.807, 2.05) is 42.5 Å². The third-order valence-corrected chi connectivity index (χ3v) is 2.45. The van der Waals surface area contributed by atoms with Crippen LogP contribution in [-0.4, -0.2) is 0 Å². The van der Waals surface area contributed by atoms with Crippen molar-refractivity contribution < 1.29 is 18.9 Å². The first kappa shape index (κ1) is 11.3. The van der Waals surface area contributed by atoms with Crippen molar-refractivity contribution in [3.63, 3.8) is 0 Å². The molecule has 0 fully saturated rings. The van der Waals surface area contributed by atoms with Gasteiger partial charge in [0.15, 0.2) is 0 Å². The molecule has 0 nitrogen and oxygen atoms in total. The maximum Gasteiger partial charge on any atom is 1.00 e. The zero-order valence-electron chi connectivity index (χ0n) is 7.95. The van der Waals surface area contributed by atoms with Crippen LogP contribution in [0.5, 0.6) is 0 Å². The Hall–Kier alpha value is -0.793. The molecule has 0 aliphatic carbocycles. The van der Waals surface area contributed by atoms with E-state index in [1.165, 1.54) is 0 Å². The van der Waals surface area contributed by atoms with Gasteiger partial charge in [0.05, 0.1) is 4.90 Å². The van der Waals surface area contributed by atoms with Crippen molar-refractivity contribution in [2.75, 3.05) is 0 Å². The Balaban J connectivity index is 0.000000980. The molecule has 0 radical (unpaired) electrons. The molecular formula is C12H7LiS. The van der Waals surface area contributed by atoms with Gasteiger partial charge >= 0.3 is 18.9 Å². The van der Waals surface area contributed by atoms with Crippen molar-refractivity contribution in [2.45, 2.75) is 9.79 Å². The van der Waals surface area contributed by atoms with Crippen LogP contribution < -0.4 is 18.9 Å². The summed E-state index contributed by atoms with van der Waals surface area (Å²) < 4.78 is 0. The Kier molecular flexibility index (Phi) is 4.70. The van der Waals surface area contributed by atoms with E-state index in [1.54, 1.807) is 11.8 Å². The van der Waals surface area contributed by atoms with Crippen LogP contribution in [0.15, 0.2) is 52.3 Å². The smallest absolute Gasteiger partial charge is 0.176 e. The summed E-state index contributed by atoms with van der Waals surface area (Å²) in [5.41, 5.74) is 0. The van der Waals surface area contributed by atoms with E-state index < -0.39 is 0 Å². The van der Waals surface area contributed by atoms with Crippen LogP contribution >= 0.6 is 11.8 Å². The molecule has 2 heteroatoms. The molecule has 0 aliphatic heterocycles. The third-order valence-electron chi connectivity index (χ3n) is 1.52. The number of hydrogen-bond acceptors (Lipinski definition) is 1. The van der Waals surface area contributed by atoms with Crippen LogP contribution in [0.25, 0.3) is 0 Å². The van der Waals surface area contributed by atoms with Crippen LogP contribution in [0.3, 0.4) is 0 Å². The minimum atomic E-state index is 0. The van der Waals surface area contributed by atoms with Crippen LogP contribution in [0.4, 0.5) is 0 Å². The summed E-state index contributed by atoms with van der Waals surface area (Å²) in [6, 6.07) is 22.8. The first-order chi connectivity index (χ1) is 6.45. The summed E-state index contributed by atoms with van der Waals surface area (Å²) >= 11 is 1.65. The number of benzene rings is 1. The molecule has 0 bridgehead atoms. The third kappa shape index (κ3) is 3.17. The van der Waals surface area contributed by atoms with Crippen LogP contribution in [0, 0.1) is 18.2 Å². The first-order valence-electron chi connectivity index (χ1n) is 3.98. The molecular weight excluding hydrogens is 183 g/mol. The van der Waals surface area contributed by atoms with Crippen molar-refractivity contribution in [1.82, 2.24) is 0 Å². The Morgan fingerprint density at radius 2 is 2.07 bits per heavy atom. The van der Waals surface area contributed by atoms with Crippen molar-refractivity contribution in [1.29, 1.82) is 0 Å². The fraction of sp³-hybridized carbons (Fsp3) is 0. The van der Waals surface area contributed by atoms with Gasteiger partial charge in [-0.1, -0.05) is 18.2 Å². The molecule has 0 saturated carbocycles. The molecule has 0 spiro atoms. The summed E-state index contributed by atoms with van der Waals surface area (Å²) in [7, 11) is 0. The molecule has 0 atom stereocenters. The zero-order valence-corrected chi connectivity index (χ0v) is 8.77. The SMILES string of the molecule is [Li+].c1cccc(Sc2[c-]cccc2)c#1. The van der Waals surface area contributed by atoms with E-state index in [0.717, 1.165) is 9.79 Å². The van der Waals surface area contributed by atoms with Gasteiger partial charge in [0.2, 0.25) is 0 Å². The van der Waals surface area contributed by atoms with Gasteiger partial charge in [-0.2, -0.15) is 30.3 Å². The standard InChI is InChI=1S/C12H7S.Li/c1-3-7-11(8-4-1)13-12-9-5-2-6-10-12;/h1-5,7,9H;/q-1;+1. The first-order valence-corrected chi connectivity index (χ1v) is 4.80. The molecule has 2 rings (SSSR count). The summed E-state index contributed by atoms with van der Waals surface area (Å²) in [5, 5.41) is 0. The minimum absolute atomic E-state index is 0. The quantitative estimate of drug-likeness (QED) is 0.483. The van der Waals surface area contributed by atoms with Gasteiger partial charge in [-0.3, -0.25) is 0 Å². The predicted molar refractivity (Wildman–Crippen MR) is 53.5 cm³/mol. The Morgan fingerprint density at radius 3 is 2.71 bits per heavy atom. The number of hydrogen-bond donors (Lipinski definition) is 0. The summed E-state index contributed by atoms with van der Waals surface area (Å²) in [6.07, 6.45) is 0. The van der Waals surface area contributed by atoms with Crippen molar-refractivity contribution in [3.05, 3.63) is 60.7 Å². The van der Waals surface area contributed by atoms with Gasteiger partial charge in [-0.05, 0) is 12.1 Å². The maximum absolute atomic E-state index is 3.15. The normalized spacial score (nSPS) is 8.57. The van der Waals surface area contributed by atoms with Crippen molar-refractivity contribution in [3.8, 4) is 0 Å². The fourth-order valence-electron chi connectivity index (χ4n) is 0.956. The Labute approximate surface area is 101 Å². The molecule has 0 saturated heterocycles. The van der Waals surface area contributed by atoms with Gasteiger partial charge in [-0.15, -0.1) is 16.7 Å². The topological polar surface area (TPSA) is 0 Å². The second-order valence-corrected chi connectivity index (χ2v) is 3.57. The molecule has 14 heavy (non-hydrogen) atoms. The summed E-state index contributed by atoms with van der Waals surface area (Å²) in [4.78, 5) is 2.18. The molecule has 0 N–H and O–H groups in total. The molecule has 0 amide bonds. The van der Waals surface area contributed by atoms with Gasteiger partial charge < -0.3 is 0 Å². The van der Waals surface area contributed by atoms with E-state index in [4.69, 9.17) is 0 Å². The maximum atomic E-state index is 3.15. The minimum Gasteiger partial charge on any atom is -0.176 e. The summed E-state index contributed by atoms with van der Waals surface area (Å²) in [5.74, 6) is 0. The number of rotatable bonds is 2. The van der Waals surface area contributed by atoms with Gasteiger partial charge in [0.25, 0.3) is 0 Å². The fourth-order valence-corrected chi connectivity index (χ4v) is 1.72. The molecule has 0 unspecified atom stereocenters. The molecule has 62 valence electrons. The van der Waals surface area contributed by atoms with Gasteiger partial charge in [-0.25, -0.2) is 0 Å². The monoisotopic (exact) mass is 190 g/mol. The average molecular weight is 190 g/mol. The van der Waals surface area contributed by atoms with Crippen molar-refractivity contribution in [2.24, 2.45) is 0 Å². The van der Waals surface area contributed by atoms with Crippen LogP contribution in [0.1, 0.15) is 0 Å². The second kappa shape index (κ2) is 5.84. The van der Waals surface area contributed by atoms with E-state index in [9.17, 15) is 0 Å². The summed E-state index contributed by atoms with van der Waals surface area (Å²) in [6.45, 7) is 0. The van der Waals surface area contributed by atoms with E-state index in [0.29, 0.717) is 0 Å². The average Bonchev–Trinajstić information content (AvgIpc) is 2.21. The van der Waals surface area contributed by atoms with Crippen LogP contribution in [0.2, 0.25) is 0 Å². The zero-order chi connectivity index (χ0) is 8.93.